The third-order valence-corrected chi connectivity index (χ3v) is 2.70. The summed E-state index contributed by atoms with van der Waals surface area (Å²) in [5.41, 5.74) is 1.88. The molecule has 0 fully saturated rings. The van der Waals surface area contributed by atoms with Crippen molar-refractivity contribution in [2.75, 3.05) is 5.32 Å². The monoisotopic (exact) mass is 249 g/mol. The molecule has 3 nitrogen and oxygen atoms in total. The van der Waals surface area contributed by atoms with Crippen molar-refractivity contribution < 1.29 is 9.59 Å². The van der Waals surface area contributed by atoms with Crippen LogP contribution in [0, 0.1) is 12.8 Å². The number of rotatable bonds is 4. The van der Waals surface area contributed by atoms with E-state index >= 15 is 0 Å². The topological polar surface area (TPSA) is 46.2 Å². The van der Waals surface area contributed by atoms with E-state index in [1.165, 1.54) is 13.8 Å². The number of hydrogen-bond donors (Lipinski definition) is 1. The fourth-order valence-corrected chi connectivity index (χ4v) is 2.04. The Hall–Kier alpha value is -1.55. The van der Waals surface area contributed by atoms with Gasteiger partial charge in [-0.2, -0.15) is 0 Å². The van der Waals surface area contributed by atoms with Gasteiger partial charge in [0.25, 0.3) is 0 Å². The van der Waals surface area contributed by atoms with Gasteiger partial charge in [-0.25, -0.2) is 0 Å². The highest BCUT2D eigenvalue weighted by molar-refractivity contribution is 7.80. The summed E-state index contributed by atoms with van der Waals surface area (Å²) < 4.78 is 0. The molecule has 0 bridgehead atoms. The van der Waals surface area contributed by atoms with Gasteiger partial charge in [0.15, 0.2) is 0 Å². The van der Waals surface area contributed by atoms with Crippen molar-refractivity contribution in [2.24, 2.45) is 5.92 Å². The minimum Gasteiger partial charge on any atom is -0.349 e. The number of carbonyl (C=O) groups excluding carboxylic acids is 2. The van der Waals surface area contributed by atoms with Gasteiger partial charge in [-0.3, -0.25) is 9.59 Å². The van der Waals surface area contributed by atoms with E-state index in [1.807, 2.05) is 31.2 Å². The number of aryl methyl sites for hydroxylation is 1. The normalized spacial score (nSPS) is 10.1. The molecule has 0 heterocycles. The highest BCUT2D eigenvalue weighted by Gasteiger charge is 2.24. The number of hydrogen-bond acceptors (Lipinski definition) is 3. The van der Waals surface area contributed by atoms with Crippen LogP contribution in [-0.2, 0) is 9.59 Å². The number of benzene rings is 1. The molecule has 1 N–H and O–H groups in total. The molecule has 0 spiro atoms. The number of Topliss-reactive ketones (excluding diaryl/α,β-unsaturated/α-hetero) is 2. The zero-order valence-electron chi connectivity index (χ0n) is 10.1. The number of nitrogens with one attached hydrogen (secondary N) is 1. The second-order valence-corrected chi connectivity index (χ2v) is 4.45. The van der Waals surface area contributed by atoms with Gasteiger partial charge in [0.05, 0.1) is 4.99 Å². The first-order chi connectivity index (χ1) is 7.91. The van der Waals surface area contributed by atoms with Crippen LogP contribution in [-0.4, -0.2) is 16.6 Å². The Bertz CT molecular complexity index is 454. The van der Waals surface area contributed by atoms with Crippen molar-refractivity contribution in [3.05, 3.63) is 29.8 Å². The molecular weight excluding hydrogens is 234 g/mol. The van der Waals surface area contributed by atoms with E-state index in [9.17, 15) is 9.59 Å². The predicted octanol–water partition coefficient (Wildman–Crippen LogP) is 2.53. The smallest absolute Gasteiger partial charge is 0.147 e. The average Bonchev–Trinajstić information content (AvgIpc) is 2.15. The van der Waals surface area contributed by atoms with Crippen LogP contribution in [0.5, 0.6) is 0 Å². The van der Waals surface area contributed by atoms with Gasteiger partial charge in [0.2, 0.25) is 0 Å². The van der Waals surface area contributed by atoms with Crippen LogP contribution in [0.4, 0.5) is 5.69 Å². The van der Waals surface area contributed by atoms with E-state index in [4.69, 9.17) is 12.2 Å². The van der Waals surface area contributed by atoms with Crippen molar-refractivity contribution >= 4 is 34.5 Å². The van der Waals surface area contributed by atoms with Gasteiger partial charge in [0.1, 0.15) is 17.5 Å². The van der Waals surface area contributed by atoms with Crippen LogP contribution in [0.25, 0.3) is 0 Å². The molecule has 0 aliphatic rings. The fourth-order valence-electron chi connectivity index (χ4n) is 1.59. The second-order valence-electron chi connectivity index (χ2n) is 4.01. The maximum absolute atomic E-state index is 11.3. The molecule has 1 rings (SSSR count). The van der Waals surface area contributed by atoms with Crippen molar-refractivity contribution in [1.29, 1.82) is 0 Å². The van der Waals surface area contributed by atoms with Crippen molar-refractivity contribution in [1.82, 2.24) is 0 Å². The lowest BCUT2D eigenvalue weighted by Gasteiger charge is -2.14. The summed E-state index contributed by atoms with van der Waals surface area (Å²) in [6.07, 6.45) is 0. The van der Waals surface area contributed by atoms with Crippen LogP contribution in [0.2, 0.25) is 0 Å². The van der Waals surface area contributed by atoms with Crippen molar-refractivity contribution in [3.63, 3.8) is 0 Å². The predicted molar refractivity (Wildman–Crippen MR) is 72.3 cm³/mol. The highest BCUT2D eigenvalue weighted by atomic mass is 32.1. The molecule has 0 saturated carbocycles. The molecule has 17 heavy (non-hydrogen) atoms. The fraction of sp³-hybridized carbons (Fsp3) is 0.308. The Morgan fingerprint density at radius 3 is 2.29 bits per heavy atom. The zero-order valence-corrected chi connectivity index (χ0v) is 10.9. The van der Waals surface area contributed by atoms with Gasteiger partial charge < -0.3 is 5.32 Å². The van der Waals surface area contributed by atoms with Crippen molar-refractivity contribution in [2.45, 2.75) is 20.8 Å². The van der Waals surface area contributed by atoms with Crippen molar-refractivity contribution in [3.8, 4) is 0 Å². The van der Waals surface area contributed by atoms with Gasteiger partial charge in [-0.15, -0.1) is 0 Å². The molecule has 0 atom stereocenters. The molecule has 0 saturated heterocycles. The summed E-state index contributed by atoms with van der Waals surface area (Å²) in [6.45, 7) is 4.70. The molecule has 0 aliphatic heterocycles. The molecule has 0 amide bonds. The minimum absolute atomic E-state index is 0.234. The largest absolute Gasteiger partial charge is 0.349 e. The molecule has 0 radical (unpaired) electrons. The molecule has 0 unspecified atom stereocenters. The van der Waals surface area contributed by atoms with E-state index < -0.39 is 5.92 Å². The van der Waals surface area contributed by atoms with Crippen LogP contribution in [0.1, 0.15) is 19.4 Å². The first-order valence-corrected chi connectivity index (χ1v) is 5.71. The molecule has 90 valence electrons. The molecule has 4 heteroatoms. The average molecular weight is 249 g/mol. The van der Waals surface area contributed by atoms with Gasteiger partial charge in [-0.1, -0.05) is 24.4 Å². The molecule has 1 aromatic rings. The Balaban J connectivity index is 2.84. The Labute approximate surface area is 106 Å². The Morgan fingerprint density at radius 2 is 1.82 bits per heavy atom. The first-order valence-electron chi connectivity index (χ1n) is 5.30. The van der Waals surface area contributed by atoms with E-state index in [2.05, 4.69) is 5.32 Å². The third kappa shape index (κ3) is 3.75. The van der Waals surface area contributed by atoms with Crippen LogP contribution in [0.3, 0.4) is 0 Å². The van der Waals surface area contributed by atoms with E-state index in [0.29, 0.717) is 0 Å². The maximum atomic E-state index is 11.3. The standard InChI is InChI=1S/C13H15NO2S/c1-8-5-4-6-11(7-8)14-13(17)12(9(2)15)10(3)16/h4-7,12H,1-3H3,(H,14,17). The van der Waals surface area contributed by atoms with Gasteiger partial charge in [-0.05, 0) is 38.5 Å². The van der Waals surface area contributed by atoms with Crippen LogP contribution in [0.15, 0.2) is 24.3 Å². The van der Waals surface area contributed by atoms with E-state index in [1.54, 1.807) is 0 Å². The quantitative estimate of drug-likeness (QED) is 0.658. The number of ketones is 2. The highest BCUT2D eigenvalue weighted by Crippen LogP contribution is 2.13. The summed E-state index contributed by atoms with van der Waals surface area (Å²) in [5, 5.41) is 2.94. The molecular formula is C13H15NO2S. The van der Waals surface area contributed by atoms with Gasteiger partial charge >= 0.3 is 0 Å². The number of carbonyl (C=O) groups is 2. The number of thiocarbonyl (C=S) groups is 1. The lowest BCUT2D eigenvalue weighted by Crippen LogP contribution is -2.32. The number of anilines is 1. The zero-order chi connectivity index (χ0) is 13.0. The lowest BCUT2D eigenvalue weighted by molar-refractivity contribution is -0.127. The van der Waals surface area contributed by atoms with Crippen LogP contribution >= 0.6 is 12.2 Å². The maximum Gasteiger partial charge on any atom is 0.147 e. The summed E-state index contributed by atoms with van der Waals surface area (Å²) in [4.78, 5) is 22.9. The summed E-state index contributed by atoms with van der Waals surface area (Å²) in [6, 6.07) is 7.60. The van der Waals surface area contributed by atoms with Crippen LogP contribution < -0.4 is 5.32 Å². The summed E-state index contributed by atoms with van der Waals surface area (Å²) in [7, 11) is 0. The minimum atomic E-state index is -0.842. The molecule has 0 aliphatic carbocycles. The van der Waals surface area contributed by atoms with Gasteiger partial charge in [0, 0.05) is 5.69 Å². The lowest BCUT2D eigenvalue weighted by atomic mass is 10.0. The summed E-state index contributed by atoms with van der Waals surface area (Å²) >= 11 is 5.10. The third-order valence-electron chi connectivity index (χ3n) is 2.36. The SMILES string of the molecule is CC(=O)C(C(C)=O)C(=S)Nc1cccc(C)c1. The first kappa shape index (κ1) is 13.5. The Morgan fingerprint density at radius 1 is 1.24 bits per heavy atom. The van der Waals surface area contributed by atoms with E-state index in [-0.39, 0.29) is 16.6 Å². The Kier molecular flexibility index (Phi) is 4.52. The summed E-state index contributed by atoms with van der Waals surface area (Å²) in [5.74, 6) is -1.31. The molecule has 0 aromatic heterocycles. The van der Waals surface area contributed by atoms with E-state index in [0.717, 1.165) is 11.3 Å². The molecule has 1 aromatic carbocycles. The second kappa shape index (κ2) is 5.68.